The van der Waals surface area contributed by atoms with Crippen LogP contribution >= 0.6 is 12.2 Å². The Bertz CT molecular complexity index is 670. The minimum Gasteiger partial charge on any atom is -0.497 e. The van der Waals surface area contributed by atoms with Gasteiger partial charge in [-0.2, -0.15) is 0 Å². The summed E-state index contributed by atoms with van der Waals surface area (Å²) in [6.45, 7) is 4.62. The number of ether oxygens (including phenoxy) is 2. The van der Waals surface area contributed by atoms with E-state index in [4.69, 9.17) is 26.1 Å². The van der Waals surface area contributed by atoms with Crippen LogP contribution in [0.1, 0.15) is 17.4 Å². The van der Waals surface area contributed by atoms with Crippen LogP contribution in [0.25, 0.3) is 0 Å². The van der Waals surface area contributed by atoms with Gasteiger partial charge in [0.25, 0.3) is 0 Å². The highest BCUT2D eigenvalue weighted by molar-refractivity contribution is 7.80. The Morgan fingerprint density at radius 3 is 2.62 bits per heavy atom. The lowest BCUT2D eigenvalue weighted by Crippen LogP contribution is -2.45. The molecule has 2 heterocycles. The summed E-state index contributed by atoms with van der Waals surface area (Å²) in [4.78, 5) is 2.42. The number of nitrogens with one attached hydrogen (secondary N) is 2. The van der Waals surface area contributed by atoms with E-state index in [1.807, 2.05) is 24.3 Å². The van der Waals surface area contributed by atoms with E-state index < -0.39 is 0 Å². The molecule has 0 bridgehead atoms. The Labute approximate surface area is 159 Å². The van der Waals surface area contributed by atoms with Gasteiger partial charge in [0.2, 0.25) is 0 Å². The van der Waals surface area contributed by atoms with Crippen LogP contribution in [-0.4, -0.2) is 50.0 Å². The summed E-state index contributed by atoms with van der Waals surface area (Å²) >= 11 is 5.41. The lowest BCUT2D eigenvalue weighted by molar-refractivity contribution is 0.0170. The quantitative estimate of drug-likeness (QED) is 0.720. The van der Waals surface area contributed by atoms with E-state index in [0.29, 0.717) is 11.7 Å². The highest BCUT2D eigenvalue weighted by Crippen LogP contribution is 2.23. The molecule has 1 atom stereocenters. The first-order valence-corrected chi connectivity index (χ1v) is 9.17. The molecule has 26 heavy (non-hydrogen) atoms. The summed E-state index contributed by atoms with van der Waals surface area (Å²) in [5.41, 5.74) is 1.23. The van der Waals surface area contributed by atoms with Crippen LogP contribution in [0.15, 0.2) is 47.1 Å². The highest BCUT2D eigenvalue weighted by Gasteiger charge is 2.22. The molecule has 140 valence electrons. The van der Waals surface area contributed by atoms with Crippen molar-refractivity contribution in [1.82, 2.24) is 15.5 Å². The molecule has 0 saturated carbocycles. The summed E-state index contributed by atoms with van der Waals surface area (Å²) in [6.07, 6.45) is 1.66. The van der Waals surface area contributed by atoms with Crippen molar-refractivity contribution in [2.24, 2.45) is 0 Å². The summed E-state index contributed by atoms with van der Waals surface area (Å²) in [7, 11) is 1.68. The van der Waals surface area contributed by atoms with Crippen molar-refractivity contribution in [2.75, 3.05) is 40.0 Å². The van der Waals surface area contributed by atoms with Crippen LogP contribution in [0.3, 0.4) is 0 Å². The number of benzene rings is 1. The summed E-state index contributed by atoms with van der Waals surface area (Å²) in [5, 5.41) is 7.13. The molecule has 0 spiro atoms. The molecule has 2 N–H and O–H groups in total. The van der Waals surface area contributed by atoms with Crippen molar-refractivity contribution in [3.8, 4) is 5.75 Å². The van der Waals surface area contributed by atoms with Crippen LogP contribution in [0.4, 0.5) is 0 Å². The minimum absolute atomic E-state index is 0.216. The van der Waals surface area contributed by atoms with Crippen molar-refractivity contribution >= 4 is 17.3 Å². The van der Waals surface area contributed by atoms with Gasteiger partial charge in [0.15, 0.2) is 5.11 Å². The molecule has 1 aliphatic heterocycles. The van der Waals surface area contributed by atoms with Crippen LogP contribution in [0.5, 0.6) is 5.75 Å². The van der Waals surface area contributed by atoms with Gasteiger partial charge in [0, 0.05) is 19.6 Å². The number of furan rings is 1. The zero-order valence-electron chi connectivity index (χ0n) is 14.9. The first-order valence-electron chi connectivity index (χ1n) is 8.76. The molecule has 1 aromatic heterocycles. The Hall–Kier alpha value is -2.09. The lowest BCUT2D eigenvalue weighted by Gasteiger charge is -2.35. The second-order valence-corrected chi connectivity index (χ2v) is 6.49. The van der Waals surface area contributed by atoms with Crippen LogP contribution in [0.2, 0.25) is 0 Å². The summed E-state index contributed by atoms with van der Waals surface area (Å²) in [5.74, 6) is 1.71. The van der Waals surface area contributed by atoms with Gasteiger partial charge in [-0.3, -0.25) is 4.90 Å². The van der Waals surface area contributed by atoms with E-state index >= 15 is 0 Å². The smallest absolute Gasteiger partial charge is 0.166 e. The number of rotatable bonds is 7. The molecule has 0 amide bonds. The highest BCUT2D eigenvalue weighted by atomic mass is 32.1. The molecule has 6 nitrogen and oxygen atoms in total. The largest absolute Gasteiger partial charge is 0.497 e. The first kappa shape index (κ1) is 18.7. The monoisotopic (exact) mass is 375 g/mol. The van der Waals surface area contributed by atoms with Gasteiger partial charge in [-0.25, -0.2) is 0 Å². The fourth-order valence-electron chi connectivity index (χ4n) is 3.01. The van der Waals surface area contributed by atoms with Crippen LogP contribution < -0.4 is 15.4 Å². The van der Waals surface area contributed by atoms with Crippen molar-refractivity contribution in [3.05, 3.63) is 54.0 Å². The molecule has 0 aliphatic carbocycles. The van der Waals surface area contributed by atoms with Gasteiger partial charge in [-0.05, 0) is 42.0 Å². The predicted molar refractivity (Wildman–Crippen MR) is 104 cm³/mol. The van der Waals surface area contributed by atoms with Gasteiger partial charge in [-0.1, -0.05) is 12.1 Å². The van der Waals surface area contributed by atoms with Gasteiger partial charge in [0.1, 0.15) is 11.5 Å². The standard InChI is InChI=1S/C19H25N3O3S/c1-23-16-6-4-15(5-7-16)18(22-8-11-24-12-9-22)14-21-19(26)20-13-17-3-2-10-25-17/h2-7,10,18H,8-9,11-14H2,1H3,(H2,20,21,26). The van der Waals surface area contributed by atoms with Crippen molar-refractivity contribution in [3.63, 3.8) is 0 Å². The van der Waals surface area contributed by atoms with Crippen molar-refractivity contribution < 1.29 is 13.9 Å². The maximum absolute atomic E-state index is 5.50. The van der Waals surface area contributed by atoms with E-state index in [9.17, 15) is 0 Å². The number of nitrogens with zero attached hydrogens (tertiary/aromatic N) is 1. The summed E-state index contributed by atoms with van der Waals surface area (Å²) in [6, 6.07) is 12.2. The SMILES string of the molecule is COc1ccc(C(CNC(=S)NCc2ccco2)N2CCOCC2)cc1. The molecule has 1 fully saturated rings. The molecule has 0 radical (unpaired) electrons. The molecule has 1 saturated heterocycles. The second kappa shape index (κ2) is 9.56. The van der Waals surface area contributed by atoms with Gasteiger partial charge in [0.05, 0.1) is 39.2 Å². The number of thiocarbonyl (C=S) groups is 1. The van der Waals surface area contributed by atoms with Gasteiger partial charge in [-0.15, -0.1) is 0 Å². The molecular weight excluding hydrogens is 350 g/mol. The zero-order chi connectivity index (χ0) is 18.2. The van der Waals surface area contributed by atoms with E-state index in [-0.39, 0.29) is 6.04 Å². The zero-order valence-corrected chi connectivity index (χ0v) is 15.8. The van der Waals surface area contributed by atoms with Crippen molar-refractivity contribution in [2.45, 2.75) is 12.6 Å². The Morgan fingerprint density at radius 2 is 1.96 bits per heavy atom. The molecule has 7 heteroatoms. The number of methoxy groups -OCH3 is 1. The Balaban J connectivity index is 1.59. The Morgan fingerprint density at radius 1 is 1.19 bits per heavy atom. The van der Waals surface area contributed by atoms with Crippen LogP contribution in [0, 0.1) is 0 Å². The second-order valence-electron chi connectivity index (χ2n) is 6.08. The molecule has 1 aromatic carbocycles. The first-order chi connectivity index (χ1) is 12.8. The van der Waals surface area contributed by atoms with E-state index in [2.05, 4.69) is 27.7 Å². The number of hydrogen-bond acceptors (Lipinski definition) is 5. The average Bonchev–Trinajstić information content (AvgIpc) is 3.21. The minimum atomic E-state index is 0.216. The van der Waals surface area contributed by atoms with E-state index in [1.54, 1.807) is 13.4 Å². The fourth-order valence-corrected chi connectivity index (χ4v) is 3.16. The molecular formula is C19H25N3O3S. The molecule has 2 aromatic rings. The third-order valence-electron chi connectivity index (χ3n) is 4.45. The molecule has 3 rings (SSSR count). The lowest BCUT2D eigenvalue weighted by atomic mass is 10.0. The normalized spacial score (nSPS) is 16.0. The average molecular weight is 375 g/mol. The maximum atomic E-state index is 5.50. The van der Waals surface area contributed by atoms with Gasteiger partial charge < -0.3 is 24.5 Å². The van der Waals surface area contributed by atoms with E-state index in [1.165, 1.54) is 5.56 Å². The fraction of sp³-hybridized carbons (Fsp3) is 0.421. The molecule has 1 unspecified atom stereocenters. The predicted octanol–water partition coefficient (Wildman–Crippen LogP) is 2.33. The third kappa shape index (κ3) is 5.20. The number of hydrogen-bond donors (Lipinski definition) is 2. The summed E-state index contributed by atoms with van der Waals surface area (Å²) < 4.78 is 16.1. The molecule has 1 aliphatic rings. The maximum Gasteiger partial charge on any atom is 0.166 e. The topological polar surface area (TPSA) is 58.9 Å². The van der Waals surface area contributed by atoms with Crippen LogP contribution in [-0.2, 0) is 11.3 Å². The Kier molecular flexibility index (Phi) is 6.88. The van der Waals surface area contributed by atoms with Crippen molar-refractivity contribution in [1.29, 1.82) is 0 Å². The van der Waals surface area contributed by atoms with Gasteiger partial charge >= 0.3 is 0 Å². The third-order valence-corrected chi connectivity index (χ3v) is 4.73. The number of morpholine rings is 1. The van der Waals surface area contributed by atoms with E-state index in [0.717, 1.165) is 44.4 Å².